The third-order valence-corrected chi connectivity index (χ3v) is 13.5. The lowest BCUT2D eigenvalue weighted by Gasteiger charge is -2.35. The van der Waals surface area contributed by atoms with Gasteiger partial charge in [-0.15, -0.1) is 0 Å². The number of rotatable bonds is 14. The van der Waals surface area contributed by atoms with Crippen LogP contribution in [0.4, 0.5) is 13.2 Å². The highest BCUT2D eigenvalue weighted by Crippen LogP contribution is 2.64. The topological polar surface area (TPSA) is 107 Å². The molecule has 0 bridgehead atoms. The second kappa shape index (κ2) is 15.8. The number of hydrogen-bond donors (Lipinski definition) is 2. The molecule has 49 heavy (non-hydrogen) atoms. The number of nitrogens with zero attached hydrogens (tertiary/aromatic N) is 2. The zero-order valence-corrected chi connectivity index (χ0v) is 29.3. The molecule has 2 heterocycles. The van der Waals surface area contributed by atoms with Crippen molar-refractivity contribution < 1.29 is 40.2 Å². The van der Waals surface area contributed by atoms with Gasteiger partial charge in [0.1, 0.15) is 11.0 Å². The molecule has 8 nitrogen and oxygen atoms in total. The van der Waals surface area contributed by atoms with Crippen molar-refractivity contribution in [1.82, 2.24) is 9.80 Å². The van der Waals surface area contributed by atoms with Gasteiger partial charge in [-0.25, -0.2) is 8.42 Å². The van der Waals surface area contributed by atoms with E-state index < -0.39 is 43.2 Å². The summed E-state index contributed by atoms with van der Waals surface area (Å²) in [5.41, 5.74) is -0.131. The Morgan fingerprint density at radius 2 is 1.55 bits per heavy atom. The molecule has 0 saturated carbocycles. The minimum Gasteiger partial charge on any atom is -0.492 e. The summed E-state index contributed by atoms with van der Waals surface area (Å²) >= 11 is 0. The first-order valence-electron chi connectivity index (χ1n) is 16.9. The first-order chi connectivity index (χ1) is 23.3. The van der Waals surface area contributed by atoms with Gasteiger partial charge >= 0.3 is 6.18 Å². The van der Waals surface area contributed by atoms with E-state index in [2.05, 4.69) is 6.92 Å². The number of hydrogen-bond acceptors (Lipinski definition) is 7. The minimum atomic E-state index is -4.43. The van der Waals surface area contributed by atoms with E-state index in [0.29, 0.717) is 39.1 Å². The number of carbonyl (C=O) groups excluding carboxylic acids is 1. The molecule has 3 aromatic rings. The van der Waals surface area contributed by atoms with Crippen molar-refractivity contribution in [3.05, 3.63) is 89.0 Å². The largest absolute Gasteiger partial charge is 0.492 e. The van der Waals surface area contributed by atoms with Crippen molar-refractivity contribution in [3.8, 4) is 5.75 Å². The van der Waals surface area contributed by atoms with Gasteiger partial charge < -0.3 is 9.64 Å². The van der Waals surface area contributed by atoms with Crippen molar-refractivity contribution in [2.75, 3.05) is 45.1 Å². The molecule has 2 N–H and O–H groups in total. The Hall–Kier alpha value is -3.10. The molecule has 13 heteroatoms. The van der Waals surface area contributed by atoms with Crippen molar-refractivity contribution in [2.45, 2.75) is 73.1 Å². The van der Waals surface area contributed by atoms with Gasteiger partial charge in [-0.3, -0.25) is 18.8 Å². The summed E-state index contributed by atoms with van der Waals surface area (Å²) in [4.78, 5) is 17.9. The van der Waals surface area contributed by atoms with Crippen molar-refractivity contribution in [2.24, 2.45) is 0 Å². The van der Waals surface area contributed by atoms with E-state index >= 15 is 0 Å². The van der Waals surface area contributed by atoms with Crippen LogP contribution in [-0.4, -0.2) is 78.3 Å². The van der Waals surface area contributed by atoms with E-state index in [0.717, 1.165) is 38.2 Å². The van der Waals surface area contributed by atoms with Gasteiger partial charge in [-0.05, 0) is 48.7 Å². The van der Waals surface area contributed by atoms with E-state index in [1.54, 1.807) is 29.2 Å². The Kier molecular flexibility index (Phi) is 12.0. The zero-order valence-electron chi connectivity index (χ0n) is 27.7. The van der Waals surface area contributed by atoms with E-state index in [9.17, 15) is 35.5 Å². The van der Waals surface area contributed by atoms with Crippen LogP contribution in [0.1, 0.15) is 77.7 Å². The maximum atomic E-state index is 14.1. The Morgan fingerprint density at radius 3 is 2.24 bits per heavy atom. The molecule has 2 aliphatic heterocycles. The van der Waals surface area contributed by atoms with Gasteiger partial charge in [0, 0.05) is 38.3 Å². The molecule has 0 aliphatic carbocycles. The van der Waals surface area contributed by atoms with Gasteiger partial charge in [0.2, 0.25) is 0 Å². The molecule has 1 saturated heterocycles. The molecule has 1 amide bonds. The predicted octanol–water partition coefficient (Wildman–Crippen LogP) is 8.08. The standard InChI is InChI=1S/C36H45F3N2O6S2/c1-2-3-4-5-6-12-25-47-34-29(17-18-31-33(34)32(26-48(31,43)44)49(45,46)28-14-8-7-9-15-28)35(42)41-23-21-40(22-24-41)20-19-27-13-10-11-16-30(27)36(37,38)39/h7-11,13-18,32,43-44H,2-6,12,19-26H2,1H3. The van der Waals surface area contributed by atoms with Crippen molar-refractivity contribution in [1.29, 1.82) is 0 Å². The smallest absolute Gasteiger partial charge is 0.416 e. The first-order valence-corrected chi connectivity index (χ1v) is 20.1. The maximum absolute atomic E-state index is 14.1. The molecule has 3 aromatic carbocycles. The number of sulfone groups is 1. The Bertz CT molecular complexity index is 1690. The molecular formula is C36H45F3N2O6S2. The lowest BCUT2D eigenvalue weighted by Crippen LogP contribution is -2.49. The number of amides is 1. The Labute approximate surface area is 288 Å². The van der Waals surface area contributed by atoms with Gasteiger partial charge in [-0.1, -0.05) is 75.4 Å². The minimum absolute atomic E-state index is 0.0376. The van der Waals surface area contributed by atoms with Crippen LogP contribution < -0.4 is 4.74 Å². The average molecular weight is 723 g/mol. The summed E-state index contributed by atoms with van der Waals surface area (Å²) in [6.45, 7) is 4.29. The summed E-state index contributed by atoms with van der Waals surface area (Å²) < 4.78 is 96.8. The molecule has 268 valence electrons. The van der Waals surface area contributed by atoms with Crippen LogP contribution in [-0.2, 0) is 22.4 Å². The summed E-state index contributed by atoms with van der Waals surface area (Å²) in [7, 11) is -7.58. The lowest BCUT2D eigenvalue weighted by atomic mass is 10.0. The highest BCUT2D eigenvalue weighted by atomic mass is 32.3. The predicted molar refractivity (Wildman–Crippen MR) is 185 cm³/mol. The monoisotopic (exact) mass is 722 g/mol. The van der Waals surface area contributed by atoms with Crippen LogP contribution >= 0.6 is 10.6 Å². The van der Waals surface area contributed by atoms with Crippen molar-refractivity contribution >= 4 is 26.3 Å². The van der Waals surface area contributed by atoms with E-state index in [1.807, 2.05) is 4.90 Å². The van der Waals surface area contributed by atoms with Crippen LogP contribution in [0.3, 0.4) is 0 Å². The van der Waals surface area contributed by atoms with Gasteiger partial charge in [0.15, 0.2) is 9.84 Å². The van der Waals surface area contributed by atoms with Crippen molar-refractivity contribution in [3.63, 3.8) is 0 Å². The van der Waals surface area contributed by atoms with Crippen LogP contribution in [0.25, 0.3) is 0 Å². The fourth-order valence-electron chi connectivity index (χ4n) is 6.59. The molecular weight excluding hydrogens is 678 g/mol. The summed E-state index contributed by atoms with van der Waals surface area (Å²) in [5.74, 6) is -0.730. The number of fused-ring (bicyclic) bond motifs is 1. The van der Waals surface area contributed by atoms with E-state index in [-0.39, 0.29) is 51.2 Å². The molecule has 1 fully saturated rings. The average Bonchev–Trinajstić information content (AvgIpc) is 3.38. The summed E-state index contributed by atoms with van der Waals surface area (Å²) in [6, 6.07) is 16.3. The quantitative estimate of drug-likeness (QED) is 0.162. The molecule has 2 aliphatic rings. The highest BCUT2D eigenvalue weighted by molar-refractivity contribution is 8.25. The van der Waals surface area contributed by atoms with Gasteiger partial charge in [0.05, 0.1) is 33.3 Å². The van der Waals surface area contributed by atoms with Crippen LogP contribution in [0.2, 0.25) is 0 Å². The zero-order chi connectivity index (χ0) is 35.2. The third-order valence-electron chi connectivity index (χ3n) is 9.31. The summed E-state index contributed by atoms with van der Waals surface area (Å²) in [6.07, 6.45) is 1.73. The third kappa shape index (κ3) is 8.62. The molecule has 1 atom stereocenters. The lowest BCUT2D eigenvalue weighted by molar-refractivity contribution is -0.138. The SMILES string of the molecule is CCCCCCCCOc1c(C(=O)N2CCN(CCc3ccccc3C(F)(F)F)CC2)ccc2c1C(S(=O)(=O)c1ccccc1)CS2(O)O. The highest BCUT2D eigenvalue weighted by Gasteiger charge is 2.46. The van der Waals surface area contributed by atoms with E-state index in [4.69, 9.17) is 4.74 Å². The number of alkyl halides is 3. The Morgan fingerprint density at radius 1 is 0.898 bits per heavy atom. The number of ether oxygens (including phenoxy) is 1. The van der Waals surface area contributed by atoms with Crippen LogP contribution in [0.15, 0.2) is 76.5 Å². The van der Waals surface area contributed by atoms with Crippen LogP contribution in [0.5, 0.6) is 5.75 Å². The molecule has 0 radical (unpaired) electrons. The normalized spacial score (nSPS) is 18.7. The second-order valence-electron chi connectivity index (χ2n) is 12.7. The van der Waals surface area contributed by atoms with Crippen LogP contribution in [0, 0.1) is 0 Å². The fraction of sp³-hybridized carbons (Fsp3) is 0.472. The second-order valence-corrected chi connectivity index (χ2v) is 16.9. The first kappa shape index (κ1) is 37.2. The fourth-order valence-corrected chi connectivity index (χ4v) is 11.0. The maximum Gasteiger partial charge on any atom is 0.416 e. The number of halogens is 3. The van der Waals surface area contributed by atoms with Gasteiger partial charge in [-0.2, -0.15) is 23.8 Å². The number of unbranched alkanes of at least 4 members (excludes halogenated alkanes) is 5. The number of benzene rings is 3. The Balaban J connectivity index is 1.37. The van der Waals surface area contributed by atoms with Gasteiger partial charge in [0.25, 0.3) is 5.91 Å². The molecule has 1 unspecified atom stereocenters. The number of piperazine rings is 1. The molecule has 5 rings (SSSR count). The summed E-state index contributed by atoms with van der Waals surface area (Å²) in [5, 5.41) is -1.32. The van der Waals surface area contributed by atoms with E-state index in [1.165, 1.54) is 36.4 Å². The molecule has 0 aromatic heterocycles. The molecule has 0 spiro atoms. The number of carbonyl (C=O) groups is 1.